The highest BCUT2D eigenvalue weighted by Gasteiger charge is 2.47. The molecule has 1 aromatic heterocycles. The third-order valence-corrected chi connectivity index (χ3v) is 6.74. The Labute approximate surface area is 164 Å². The van der Waals surface area contributed by atoms with Crippen molar-refractivity contribution in [3.63, 3.8) is 0 Å². The van der Waals surface area contributed by atoms with Crippen molar-refractivity contribution in [1.29, 1.82) is 0 Å². The minimum Gasteiger partial charge on any atom is -0.383 e. The van der Waals surface area contributed by atoms with Gasteiger partial charge in [-0.3, -0.25) is 9.69 Å². The predicted octanol–water partition coefficient (Wildman–Crippen LogP) is 2.58. The number of hydrogen-bond donors (Lipinski definition) is 1. The molecule has 2 aromatic rings. The first-order chi connectivity index (χ1) is 13.1. The number of thiazole rings is 1. The van der Waals surface area contributed by atoms with Gasteiger partial charge in [-0.25, -0.2) is 4.98 Å². The number of carbonyl (C=O) groups excluding carboxylic acids is 1. The number of aliphatic hydroxyl groups is 1. The fourth-order valence-corrected chi connectivity index (χ4v) is 5.05. The van der Waals surface area contributed by atoms with Crippen LogP contribution in [0.5, 0.6) is 0 Å². The number of nitrogens with zero attached hydrogens (tertiary/aromatic N) is 3. The van der Waals surface area contributed by atoms with E-state index in [-0.39, 0.29) is 11.9 Å². The van der Waals surface area contributed by atoms with Gasteiger partial charge in [-0.1, -0.05) is 30.3 Å². The lowest BCUT2D eigenvalue weighted by atomic mass is 9.79. The van der Waals surface area contributed by atoms with E-state index in [1.165, 1.54) is 0 Å². The van der Waals surface area contributed by atoms with E-state index in [2.05, 4.69) is 9.88 Å². The Balaban J connectivity index is 1.54. The lowest BCUT2D eigenvalue weighted by Crippen LogP contribution is -2.61. The van der Waals surface area contributed by atoms with Crippen LogP contribution in [0.25, 0.3) is 0 Å². The molecule has 0 saturated carbocycles. The van der Waals surface area contributed by atoms with Gasteiger partial charge in [0.15, 0.2) is 0 Å². The van der Waals surface area contributed by atoms with Crippen molar-refractivity contribution in [2.75, 3.05) is 26.2 Å². The van der Waals surface area contributed by atoms with Gasteiger partial charge < -0.3 is 10.0 Å². The predicted molar refractivity (Wildman–Crippen MR) is 107 cm³/mol. The van der Waals surface area contributed by atoms with Gasteiger partial charge in [-0.05, 0) is 44.8 Å². The average Bonchev–Trinajstić information content (AvgIpc) is 3.35. The second-order valence-electron chi connectivity index (χ2n) is 7.67. The minimum atomic E-state index is -0.903. The number of hydrogen-bond acceptors (Lipinski definition) is 5. The summed E-state index contributed by atoms with van der Waals surface area (Å²) in [6.45, 7) is 5.11. The first kappa shape index (κ1) is 18.6. The molecule has 2 aliphatic heterocycles. The average molecular weight is 386 g/mol. The molecule has 0 aliphatic carbocycles. The molecule has 0 bridgehead atoms. The van der Waals surface area contributed by atoms with Gasteiger partial charge in [0.2, 0.25) is 5.91 Å². The quantitative estimate of drug-likeness (QED) is 0.879. The van der Waals surface area contributed by atoms with Crippen molar-refractivity contribution < 1.29 is 9.90 Å². The van der Waals surface area contributed by atoms with Crippen LogP contribution in [0.3, 0.4) is 0 Å². The number of carbonyl (C=O) groups is 1. The highest BCUT2D eigenvalue weighted by atomic mass is 32.1. The second-order valence-corrected chi connectivity index (χ2v) is 8.74. The van der Waals surface area contributed by atoms with Crippen LogP contribution in [0, 0.1) is 6.92 Å². The molecule has 1 amide bonds. The third kappa shape index (κ3) is 3.79. The zero-order valence-electron chi connectivity index (χ0n) is 15.8. The molecule has 144 valence electrons. The van der Waals surface area contributed by atoms with E-state index in [4.69, 9.17) is 0 Å². The van der Waals surface area contributed by atoms with E-state index in [0.29, 0.717) is 25.9 Å². The van der Waals surface area contributed by atoms with E-state index < -0.39 is 5.60 Å². The molecule has 2 atom stereocenters. The topological polar surface area (TPSA) is 56.7 Å². The van der Waals surface area contributed by atoms with E-state index in [1.54, 1.807) is 11.3 Å². The molecule has 2 aliphatic rings. The monoisotopic (exact) mass is 385 g/mol. The summed E-state index contributed by atoms with van der Waals surface area (Å²) in [7, 11) is 0. The lowest BCUT2D eigenvalue weighted by Gasteiger charge is -2.48. The number of likely N-dealkylation sites (tertiary alicyclic amines) is 2. The molecule has 1 aromatic carbocycles. The highest BCUT2D eigenvalue weighted by molar-refractivity contribution is 7.09. The zero-order valence-corrected chi connectivity index (χ0v) is 16.6. The first-order valence-electron chi connectivity index (χ1n) is 9.77. The fourth-order valence-electron chi connectivity index (χ4n) is 4.44. The minimum absolute atomic E-state index is 0.0581. The van der Waals surface area contributed by atoms with Gasteiger partial charge in [0.25, 0.3) is 0 Å². The summed E-state index contributed by atoms with van der Waals surface area (Å²) in [4.78, 5) is 21.6. The Bertz CT molecular complexity index is 788. The summed E-state index contributed by atoms with van der Waals surface area (Å²) >= 11 is 1.58. The smallest absolute Gasteiger partial charge is 0.228 e. The van der Waals surface area contributed by atoms with Crippen molar-refractivity contribution in [1.82, 2.24) is 14.8 Å². The molecule has 3 heterocycles. The number of aryl methyl sites for hydroxylation is 1. The molecule has 1 N–H and O–H groups in total. The molecule has 6 heteroatoms. The third-order valence-electron chi connectivity index (χ3n) is 5.91. The van der Waals surface area contributed by atoms with Crippen molar-refractivity contribution in [2.24, 2.45) is 0 Å². The van der Waals surface area contributed by atoms with E-state index in [1.807, 2.05) is 47.5 Å². The Morgan fingerprint density at radius 3 is 2.67 bits per heavy atom. The Morgan fingerprint density at radius 1 is 1.26 bits per heavy atom. The van der Waals surface area contributed by atoms with Gasteiger partial charge in [-0.2, -0.15) is 0 Å². The number of rotatable bonds is 4. The Hall–Kier alpha value is -1.76. The molecule has 4 rings (SSSR count). The van der Waals surface area contributed by atoms with Gasteiger partial charge in [0.05, 0.1) is 23.2 Å². The molecule has 0 spiro atoms. The van der Waals surface area contributed by atoms with Gasteiger partial charge >= 0.3 is 0 Å². The van der Waals surface area contributed by atoms with Crippen LogP contribution >= 0.6 is 11.3 Å². The number of aromatic nitrogens is 1. The first-order valence-corrected chi connectivity index (χ1v) is 10.6. The maximum Gasteiger partial charge on any atom is 0.228 e. The van der Waals surface area contributed by atoms with Crippen LogP contribution < -0.4 is 0 Å². The number of piperidine rings is 1. The van der Waals surface area contributed by atoms with Gasteiger partial charge in [0.1, 0.15) is 5.60 Å². The van der Waals surface area contributed by atoms with Crippen LogP contribution in [0.4, 0.5) is 0 Å². The largest absolute Gasteiger partial charge is 0.383 e. The zero-order chi connectivity index (χ0) is 18.9. The van der Waals surface area contributed by atoms with Crippen molar-refractivity contribution in [2.45, 2.75) is 44.2 Å². The Morgan fingerprint density at radius 2 is 2.00 bits per heavy atom. The highest BCUT2D eigenvalue weighted by Crippen LogP contribution is 2.37. The van der Waals surface area contributed by atoms with Gasteiger partial charge in [-0.15, -0.1) is 11.3 Å². The normalized spacial score (nSPS) is 26.4. The second kappa shape index (κ2) is 7.70. The van der Waals surface area contributed by atoms with Crippen LogP contribution in [0.2, 0.25) is 0 Å². The maximum atomic E-state index is 12.9. The standard InChI is InChI=1S/C21H27N3O2S/c1-16-22-18(15-27-16)13-20(25)24-12-9-21(26,17-7-3-2-4-8-17)19(14-24)23-10-5-6-11-23/h2-4,7-8,15,19,26H,5-6,9-14H2,1H3/t19-,21+/m1/s1. The summed E-state index contributed by atoms with van der Waals surface area (Å²) < 4.78 is 0. The molecule has 27 heavy (non-hydrogen) atoms. The van der Waals surface area contributed by atoms with Crippen LogP contribution in [0.15, 0.2) is 35.7 Å². The van der Waals surface area contributed by atoms with Crippen molar-refractivity contribution in [3.05, 3.63) is 52.0 Å². The number of amides is 1. The summed E-state index contributed by atoms with van der Waals surface area (Å²) in [5.74, 6) is 0.111. The number of benzene rings is 1. The maximum absolute atomic E-state index is 12.9. The molecular formula is C21H27N3O2S. The van der Waals surface area contributed by atoms with Crippen LogP contribution in [0.1, 0.15) is 35.5 Å². The Kier molecular flexibility index (Phi) is 5.30. The summed E-state index contributed by atoms with van der Waals surface area (Å²) in [5, 5.41) is 14.6. The van der Waals surface area contributed by atoms with Crippen molar-refractivity contribution >= 4 is 17.2 Å². The molecule has 5 nitrogen and oxygen atoms in total. The molecule has 2 fully saturated rings. The summed E-state index contributed by atoms with van der Waals surface area (Å²) in [6.07, 6.45) is 3.24. The van der Waals surface area contributed by atoms with Crippen LogP contribution in [-0.2, 0) is 16.8 Å². The van der Waals surface area contributed by atoms with E-state index in [0.717, 1.165) is 42.2 Å². The summed E-state index contributed by atoms with van der Waals surface area (Å²) in [6, 6.07) is 9.91. The summed E-state index contributed by atoms with van der Waals surface area (Å²) in [5.41, 5.74) is 0.910. The fraction of sp³-hybridized carbons (Fsp3) is 0.524. The molecular weight excluding hydrogens is 358 g/mol. The SMILES string of the molecule is Cc1nc(CC(=O)N2CC[C@](O)(c3ccccc3)[C@H](N3CCCC3)C2)cs1. The van der Waals surface area contributed by atoms with Crippen molar-refractivity contribution in [3.8, 4) is 0 Å². The molecule has 0 radical (unpaired) electrons. The lowest BCUT2D eigenvalue weighted by molar-refractivity contribution is -0.142. The van der Waals surface area contributed by atoms with Gasteiger partial charge in [0, 0.05) is 18.5 Å². The van der Waals surface area contributed by atoms with E-state index in [9.17, 15) is 9.90 Å². The van der Waals surface area contributed by atoms with E-state index >= 15 is 0 Å². The molecule has 2 saturated heterocycles. The molecule has 0 unspecified atom stereocenters. The van der Waals surface area contributed by atoms with Crippen LogP contribution in [-0.4, -0.2) is 58.0 Å².